The molecule has 13 heteroatoms. The van der Waals surface area contributed by atoms with E-state index >= 15 is 0 Å². The Morgan fingerprint density at radius 2 is 1.03 bits per heavy atom. The van der Waals surface area contributed by atoms with Crippen LogP contribution < -0.4 is 0 Å². The second-order valence-electron chi connectivity index (χ2n) is 16.4. The van der Waals surface area contributed by atoms with Gasteiger partial charge in [0, 0.05) is 24.2 Å². The highest BCUT2D eigenvalue weighted by molar-refractivity contribution is 5.68. The minimum atomic E-state index is -1.30. The van der Waals surface area contributed by atoms with E-state index in [1.807, 2.05) is 121 Å². The van der Waals surface area contributed by atoms with E-state index < -0.39 is 74.0 Å². The molecule has 0 spiro atoms. The molecule has 12 atom stereocenters. The zero-order valence-corrected chi connectivity index (χ0v) is 35.8. The van der Waals surface area contributed by atoms with Gasteiger partial charge in [-0.1, -0.05) is 147 Å². The minimum Gasteiger partial charge on any atom is -0.469 e. The van der Waals surface area contributed by atoms with Crippen LogP contribution in [0.15, 0.2) is 121 Å². The summed E-state index contributed by atoms with van der Waals surface area (Å²) in [4.78, 5) is 11.5. The molecule has 0 aliphatic carbocycles. The van der Waals surface area contributed by atoms with Crippen molar-refractivity contribution in [3.05, 3.63) is 144 Å². The zero-order chi connectivity index (χ0) is 43.2. The quantitative estimate of drug-likeness (QED) is 0.0694. The van der Waals surface area contributed by atoms with Crippen molar-refractivity contribution < 1.29 is 62.0 Å². The maximum atomic E-state index is 12.3. The van der Waals surface area contributed by atoms with Gasteiger partial charge >= 0.3 is 5.97 Å². The lowest BCUT2D eigenvalue weighted by molar-refractivity contribution is -0.410. The van der Waals surface area contributed by atoms with E-state index in [9.17, 15) is 9.90 Å². The highest BCUT2D eigenvalue weighted by Gasteiger charge is 2.56. The maximum Gasteiger partial charge on any atom is 0.305 e. The van der Waals surface area contributed by atoms with Gasteiger partial charge in [0.05, 0.1) is 33.5 Å². The van der Waals surface area contributed by atoms with E-state index in [-0.39, 0.29) is 32.4 Å². The molecule has 4 aliphatic rings. The Labute approximate surface area is 369 Å². The normalized spacial score (nSPS) is 30.5. The van der Waals surface area contributed by atoms with Crippen LogP contribution in [0.3, 0.4) is 0 Å². The zero-order valence-electron chi connectivity index (χ0n) is 35.8. The molecule has 1 N–H and O–H groups in total. The SMILES string of the molecule is COC(=O)CCCCCCCCO[C@@H]1OC2COC(c3ccccc3)O[C@H]2[C@@H](OCc2ccccc2)C1O[C@@H]1OC2COC(c3ccccc3)O[C@H]2[C@H](OCc2ccccc2)C1O. The van der Waals surface area contributed by atoms with Crippen LogP contribution in [0, 0.1) is 0 Å². The minimum absolute atomic E-state index is 0.170. The highest BCUT2D eigenvalue weighted by Crippen LogP contribution is 2.41. The fraction of sp³-hybridized carbons (Fsp3) is 0.500. The number of rotatable bonds is 20. The molecule has 0 radical (unpaired) electrons. The Balaban J connectivity index is 1.03. The predicted molar refractivity (Wildman–Crippen MR) is 229 cm³/mol. The standard InChI is InChI=1S/C50H60O13/c1-53-40(51)28-18-4-2-3-5-19-29-54-50-46(45(56-31-35-22-12-7-13-23-35)43-39(60-50)33-58-48(62-43)37-26-16-9-17-27-37)63-49-41(52)44(55-30-34-20-10-6-11-21-34)42-38(59-49)32-57-47(61-42)36-24-14-8-15-25-36/h6-17,20-27,38-39,41-50,52H,2-5,18-19,28-33H2,1H3/t38?,39?,41?,42-,43-,44-,45-,46?,47?,48?,49+,50-/m1/s1. The first-order valence-electron chi connectivity index (χ1n) is 22.3. The molecular formula is C50H60O13. The summed E-state index contributed by atoms with van der Waals surface area (Å²) in [7, 11) is 1.42. The molecule has 4 aliphatic heterocycles. The van der Waals surface area contributed by atoms with E-state index in [1.54, 1.807) is 0 Å². The van der Waals surface area contributed by atoms with Crippen LogP contribution in [-0.4, -0.2) is 99.4 Å². The molecule has 0 bridgehead atoms. The van der Waals surface area contributed by atoms with Crippen molar-refractivity contribution in [1.82, 2.24) is 0 Å². The first-order chi connectivity index (χ1) is 31.0. The van der Waals surface area contributed by atoms with Gasteiger partial charge in [-0.05, 0) is 24.0 Å². The van der Waals surface area contributed by atoms with E-state index in [0.29, 0.717) is 13.0 Å². The first kappa shape index (κ1) is 45.5. The lowest BCUT2D eigenvalue weighted by Gasteiger charge is -2.52. The topological polar surface area (TPSA) is 139 Å². The third-order valence-corrected chi connectivity index (χ3v) is 11.9. The van der Waals surface area contributed by atoms with Crippen molar-refractivity contribution >= 4 is 5.97 Å². The second kappa shape index (κ2) is 23.2. The van der Waals surface area contributed by atoms with Gasteiger partial charge < -0.3 is 57.2 Å². The fourth-order valence-corrected chi connectivity index (χ4v) is 8.51. The lowest BCUT2D eigenvalue weighted by atomic mass is 9.95. The number of methoxy groups -OCH3 is 1. The molecule has 8 rings (SSSR count). The fourth-order valence-electron chi connectivity index (χ4n) is 8.51. The van der Waals surface area contributed by atoms with Gasteiger partial charge in [0.2, 0.25) is 0 Å². The average molecular weight is 869 g/mol. The van der Waals surface area contributed by atoms with E-state index in [1.165, 1.54) is 7.11 Å². The van der Waals surface area contributed by atoms with E-state index in [4.69, 9.17) is 52.1 Å². The Kier molecular flexibility index (Phi) is 16.7. The largest absolute Gasteiger partial charge is 0.469 e. The molecule has 4 aromatic carbocycles. The number of hydrogen-bond donors (Lipinski definition) is 1. The van der Waals surface area contributed by atoms with Crippen molar-refractivity contribution in [3.63, 3.8) is 0 Å². The molecule has 0 amide bonds. The Bertz CT molecular complexity index is 1920. The van der Waals surface area contributed by atoms with Crippen molar-refractivity contribution in [3.8, 4) is 0 Å². The summed E-state index contributed by atoms with van der Waals surface area (Å²) in [5.41, 5.74) is 3.62. The van der Waals surface area contributed by atoms with Crippen LogP contribution in [-0.2, 0) is 70.1 Å². The summed E-state index contributed by atoms with van der Waals surface area (Å²) >= 11 is 0. The van der Waals surface area contributed by atoms with Crippen LogP contribution >= 0.6 is 0 Å². The summed E-state index contributed by atoms with van der Waals surface area (Å²) in [6.07, 6.45) is -3.98. The molecule has 0 aromatic heterocycles. The molecule has 63 heavy (non-hydrogen) atoms. The first-order valence-corrected chi connectivity index (χ1v) is 22.3. The summed E-state index contributed by atoms with van der Waals surface area (Å²) < 4.78 is 70.7. The average Bonchev–Trinajstić information content (AvgIpc) is 3.34. The monoisotopic (exact) mass is 868 g/mol. The number of aliphatic hydroxyl groups is 1. The van der Waals surface area contributed by atoms with E-state index in [0.717, 1.165) is 60.8 Å². The van der Waals surface area contributed by atoms with Crippen molar-refractivity contribution in [2.45, 2.75) is 132 Å². The third-order valence-electron chi connectivity index (χ3n) is 11.9. The van der Waals surface area contributed by atoms with Gasteiger partial charge in [-0.25, -0.2) is 0 Å². The molecule has 338 valence electrons. The van der Waals surface area contributed by atoms with Crippen LogP contribution in [0.4, 0.5) is 0 Å². The van der Waals surface area contributed by atoms with Gasteiger partial charge in [-0.2, -0.15) is 0 Å². The number of unbranched alkanes of at least 4 members (excludes halogenated alkanes) is 5. The summed E-state index contributed by atoms with van der Waals surface area (Å²) in [6, 6.07) is 39.1. The van der Waals surface area contributed by atoms with Gasteiger partial charge in [0.1, 0.15) is 48.8 Å². The molecule has 13 nitrogen and oxygen atoms in total. The Morgan fingerprint density at radius 1 is 0.556 bits per heavy atom. The van der Waals surface area contributed by atoms with E-state index in [2.05, 4.69) is 0 Å². The Morgan fingerprint density at radius 3 is 1.59 bits per heavy atom. The second-order valence-corrected chi connectivity index (χ2v) is 16.4. The van der Waals surface area contributed by atoms with Gasteiger partial charge in [0.15, 0.2) is 25.2 Å². The molecule has 4 fully saturated rings. The van der Waals surface area contributed by atoms with Crippen LogP contribution in [0.2, 0.25) is 0 Å². The highest BCUT2D eigenvalue weighted by atomic mass is 16.8. The summed E-state index contributed by atoms with van der Waals surface area (Å²) in [6.45, 7) is 1.26. The number of carbonyl (C=O) groups excluding carboxylic acids is 1. The smallest absolute Gasteiger partial charge is 0.305 e. The van der Waals surface area contributed by atoms with Gasteiger partial charge in [-0.15, -0.1) is 0 Å². The van der Waals surface area contributed by atoms with Crippen LogP contribution in [0.1, 0.15) is 79.8 Å². The van der Waals surface area contributed by atoms with Crippen LogP contribution in [0.5, 0.6) is 0 Å². The molecule has 4 heterocycles. The summed E-state index contributed by atoms with van der Waals surface area (Å²) in [5.74, 6) is -0.177. The van der Waals surface area contributed by atoms with Crippen LogP contribution in [0.25, 0.3) is 0 Å². The van der Waals surface area contributed by atoms with Crippen molar-refractivity contribution in [2.24, 2.45) is 0 Å². The van der Waals surface area contributed by atoms with Gasteiger partial charge in [-0.3, -0.25) is 4.79 Å². The molecule has 4 saturated heterocycles. The third kappa shape index (κ3) is 12.2. The van der Waals surface area contributed by atoms with Crippen molar-refractivity contribution in [1.29, 1.82) is 0 Å². The number of esters is 1. The molecular weight excluding hydrogens is 809 g/mol. The summed E-state index contributed by atoms with van der Waals surface area (Å²) in [5, 5.41) is 12.3. The number of carbonyl (C=O) groups is 1. The predicted octanol–water partition coefficient (Wildman–Crippen LogP) is 7.50. The number of hydrogen-bond acceptors (Lipinski definition) is 13. The number of ether oxygens (including phenoxy) is 11. The Hall–Kier alpha value is -4.09. The van der Waals surface area contributed by atoms with Gasteiger partial charge in [0.25, 0.3) is 0 Å². The molecule has 0 saturated carbocycles. The molecule has 6 unspecified atom stereocenters. The number of aliphatic hydroxyl groups excluding tert-OH is 1. The lowest BCUT2D eigenvalue weighted by Crippen LogP contribution is -2.67. The number of benzene rings is 4. The molecule has 4 aromatic rings. The van der Waals surface area contributed by atoms with Crippen molar-refractivity contribution in [2.75, 3.05) is 26.9 Å². The number of fused-ring (bicyclic) bond motifs is 2. The maximum absolute atomic E-state index is 12.3.